The lowest BCUT2D eigenvalue weighted by molar-refractivity contribution is -0.116. The second-order valence-corrected chi connectivity index (χ2v) is 4.79. The van der Waals surface area contributed by atoms with E-state index >= 15 is 0 Å². The molecule has 0 fully saturated rings. The van der Waals surface area contributed by atoms with E-state index in [1.165, 1.54) is 24.9 Å². The molecule has 20 heavy (non-hydrogen) atoms. The van der Waals surface area contributed by atoms with Gasteiger partial charge in [-0.15, -0.1) is 0 Å². The molecule has 2 aromatic heterocycles. The van der Waals surface area contributed by atoms with E-state index in [1.54, 1.807) is 12.1 Å². The van der Waals surface area contributed by atoms with E-state index in [1.807, 2.05) is 0 Å². The van der Waals surface area contributed by atoms with Gasteiger partial charge in [0.2, 0.25) is 5.91 Å². The van der Waals surface area contributed by atoms with Gasteiger partial charge in [-0.2, -0.15) is 0 Å². The monoisotopic (exact) mass is 275 g/mol. The number of fused-ring (bicyclic) bond motifs is 1. The maximum atomic E-state index is 12.4. The van der Waals surface area contributed by atoms with Crippen LogP contribution < -0.4 is 16.6 Å². The van der Waals surface area contributed by atoms with Crippen LogP contribution in [0.4, 0.5) is 5.82 Å². The molecule has 0 saturated heterocycles. The first-order valence-corrected chi connectivity index (χ1v) is 6.14. The van der Waals surface area contributed by atoms with Crippen LogP contribution in [0, 0.1) is 0 Å². The maximum absolute atomic E-state index is 12.4. The first-order chi connectivity index (χ1) is 9.50. The number of hydrogen-bond acceptors (Lipinski definition) is 4. The summed E-state index contributed by atoms with van der Waals surface area (Å²) >= 11 is 0. The van der Waals surface area contributed by atoms with Crippen LogP contribution in [0.15, 0.2) is 32.4 Å². The molecule has 3 rings (SSSR count). The summed E-state index contributed by atoms with van der Waals surface area (Å²) in [5.41, 5.74) is -0.511. The summed E-state index contributed by atoms with van der Waals surface area (Å²) < 4.78 is 7.63. The highest BCUT2D eigenvalue weighted by Gasteiger charge is 2.33. The van der Waals surface area contributed by atoms with Crippen molar-refractivity contribution in [2.75, 3.05) is 5.32 Å². The van der Waals surface area contributed by atoms with Crippen molar-refractivity contribution in [3.63, 3.8) is 0 Å². The second-order valence-electron chi connectivity index (χ2n) is 4.79. The van der Waals surface area contributed by atoms with Crippen molar-refractivity contribution in [2.24, 2.45) is 14.1 Å². The van der Waals surface area contributed by atoms with E-state index in [9.17, 15) is 14.4 Å². The van der Waals surface area contributed by atoms with Gasteiger partial charge in [0.1, 0.15) is 11.6 Å². The van der Waals surface area contributed by atoms with Crippen LogP contribution in [0.2, 0.25) is 0 Å². The number of carbonyl (C=O) groups is 1. The quantitative estimate of drug-likeness (QED) is 0.802. The number of amides is 1. The molecule has 1 N–H and O–H groups in total. The zero-order valence-corrected chi connectivity index (χ0v) is 11.0. The van der Waals surface area contributed by atoms with Gasteiger partial charge in [0, 0.05) is 20.5 Å². The van der Waals surface area contributed by atoms with Crippen molar-refractivity contribution in [3.05, 3.63) is 50.6 Å². The summed E-state index contributed by atoms with van der Waals surface area (Å²) in [6, 6.07) is 3.42. The number of hydrogen-bond donors (Lipinski definition) is 1. The number of carbonyl (C=O) groups excluding carboxylic acids is 1. The SMILES string of the molecule is Cn1c2c(c(=O)n(C)c1=O)C(c1ccco1)CC(=O)N2. The van der Waals surface area contributed by atoms with Gasteiger partial charge < -0.3 is 9.73 Å². The van der Waals surface area contributed by atoms with Crippen LogP contribution in [0.25, 0.3) is 0 Å². The number of rotatable bonds is 1. The Kier molecular flexibility index (Phi) is 2.63. The van der Waals surface area contributed by atoms with Crippen LogP contribution in [-0.4, -0.2) is 15.0 Å². The third kappa shape index (κ3) is 1.63. The van der Waals surface area contributed by atoms with Crippen molar-refractivity contribution >= 4 is 11.7 Å². The Morgan fingerprint density at radius 1 is 1.25 bits per heavy atom. The van der Waals surface area contributed by atoms with E-state index in [0.717, 1.165) is 4.57 Å². The molecule has 0 aromatic carbocycles. The normalized spacial score (nSPS) is 17.7. The molecule has 1 aliphatic rings. The summed E-state index contributed by atoms with van der Waals surface area (Å²) in [4.78, 5) is 36.1. The van der Waals surface area contributed by atoms with Crippen molar-refractivity contribution in [1.29, 1.82) is 0 Å². The van der Waals surface area contributed by atoms with Crippen LogP contribution in [0.1, 0.15) is 23.7 Å². The average Bonchev–Trinajstić information content (AvgIpc) is 2.95. The molecular weight excluding hydrogens is 262 g/mol. The molecule has 7 nitrogen and oxygen atoms in total. The van der Waals surface area contributed by atoms with Crippen LogP contribution >= 0.6 is 0 Å². The smallest absolute Gasteiger partial charge is 0.332 e. The molecule has 0 bridgehead atoms. The number of aromatic nitrogens is 2. The van der Waals surface area contributed by atoms with Gasteiger partial charge in [0.25, 0.3) is 5.56 Å². The van der Waals surface area contributed by atoms with Crippen molar-refractivity contribution in [2.45, 2.75) is 12.3 Å². The van der Waals surface area contributed by atoms with E-state index in [0.29, 0.717) is 11.3 Å². The third-order valence-electron chi connectivity index (χ3n) is 3.58. The minimum absolute atomic E-state index is 0.119. The summed E-state index contributed by atoms with van der Waals surface area (Å²) in [6.45, 7) is 0. The lowest BCUT2D eigenvalue weighted by Crippen LogP contribution is -2.44. The molecule has 1 atom stereocenters. The molecule has 3 heterocycles. The molecule has 2 aromatic rings. The van der Waals surface area contributed by atoms with E-state index in [4.69, 9.17) is 4.42 Å². The highest BCUT2D eigenvalue weighted by atomic mass is 16.3. The number of anilines is 1. The van der Waals surface area contributed by atoms with Gasteiger partial charge >= 0.3 is 5.69 Å². The first-order valence-electron chi connectivity index (χ1n) is 6.14. The first kappa shape index (κ1) is 12.5. The average molecular weight is 275 g/mol. The molecule has 0 saturated carbocycles. The summed E-state index contributed by atoms with van der Waals surface area (Å²) in [6.07, 6.45) is 1.61. The molecule has 1 aliphatic heterocycles. The van der Waals surface area contributed by atoms with Crippen molar-refractivity contribution in [1.82, 2.24) is 9.13 Å². The molecule has 7 heteroatoms. The molecule has 104 valence electrons. The topological polar surface area (TPSA) is 86.2 Å². The molecule has 0 spiro atoms. The van der Waals surface area contributed by atoms with Gasteiger partial charge in [-0.25, -0.2) is 4.79 Å². The molecule has 1 unspecified atom stereocenters. The molecule has 0 aliphatic carbocycles. The highest BCUT2D eigenvalue weighted by molar-refractivity contribution is 5.94. The van der Waals surface area contributed by atoms with Gasteiger partial charge in [-0.05, 0) is 12.1 Å². The fraction of sp³-hybridized carbons (Fsp3) is 0.308. The molecule has 0 radical (unpaired) electrons. The molecule has 1 amide bonds. The fourth-order valence-electron chi connectivity index (χ4n) is 2.54. The molecular formula is C13H13N3O4. The number of nitrogens with zero attached hydrogens (tertiary/aromatic N) is 2. The van der Waals surface area contributed by atoms with E-state index in [-0.39, 0.29) is 18.1 Å². The van der Waals surface area contributed by atoms with Gasteiger partial charge in [-0.3, -0.25) is 18.7 Å². The van der Waals surface area contributed by atoms with Crippen LogP contribution in [0.3, 0.4) is 0 Å². The van der Waals surface area contributed by atoms with Crippen LogP contribution in [0.5, 0.6) is 0 Å². The zero-order chi connectivity index (χ0) is 14.4. The lowest BCUT2D eigenvalue weighted by atomic mass is 9.91. The Labute approximate surface area is 113 Å². The van der Waals surface area contributed by atoms with Crippen molar-refractivity contribution in [3.8, 4) is 0 Å². The van der Waals surface area contributed by atoms with E-state index < -0.39 is 17.2 Å². The largest absolute Gasteiger partial charge is 0.469 e. The fourth-order valence-corrected chi connectivity index (χ4v) is 2.54. The highest BCUT2D eigenvalue weighted by Crippen LogP contribution is 2.33. The predicted molar refractivity (Wildman–Crippen MR) is 70.7 cm³/mol. The lowest BCUT2D eigenvalue weighted by Gasteiger charge is -2.25. The number of furan rings is 1. The van der Waals surface area contributed by atoms with Gasteiger partial charge in [0.15, 0.2) is 0 Å². The van der Waals surface area contributed by atoms with Crippen LogP contribution in [-0.2, 0) is 18.9 Å². The second kappa shape index (κ2) is 4.22. The van der Waals surface area contributed by atoms with Crippen molar-refractivity contribution < 1.29 is 9.21 Å². The summed E-state index contributed by atoms with van der Waals surface area (Å²) in [5.74, 6) is 0.0639. The minimum atomic E-state index is -0.478. The third-order valence-corrected chi connectivity index (χ3v) is 3.58. The van der Waals surface area contributed by atoms with Gasteiger partial charge in [-0.1, -0.05) is 0 Å². The Morgan fingerprint density at radius 3 is 2.65 bits per heavy atom. The Hall–Kier alpha value is -2.57. The predicted octanol–water partition coefficient (Wildman–Crippen LogP) is 0.151. The Balaban J connectivity index is 2.35. The minimum Gasteiger partial charge on any atom is -0.469 e. The Bertz CT molecular complexity index is 798. The van der Waals surface area contributed by atoms with Gasteiger partial charge in [0.05, 0.1) is 17.7 Å². The Morgan fingerprint density at radius 2 is 2.00 bits per heavy atom. The standard InChI is InChI=1S/C13H13N3O4/c1-15-11-10(12(18)16(2)13(15)19)7(6-9(17)14-11)8-4-3-5-20-8/h3-5,7H,6H2,1-2H3,(H,14,17). The summed E-state index contributed by atoms with van der Waals surface area (Å²) in [7, 11) is 2.94. The summed E-state index contributed by atoms with van der Waals surface area (Å²) in [5, 5.41) is 2.60. The maximum Gasteiger partial charge on any atom is 0.332 e. The zero-order valence-electron chi connectivity index (χ0n) is 11.0. The van der Waals surface area contributed by atoms with E-state index in [2.05, 4.69) is 5.32 Å². The number of nitrogens with one attached hydrogen (secondary N) is 1.